The Balaban J connectivity index is 0.00000161. The lowest BCUT2D eigenvalue weighted by molar-refractivity contribution is -0.0864. The molecule has 3 rings (SSSR count). The predicted molar refractivity (Wildman–Crippen MR) is 78.2 cm³/mol. The van der Waals surface area contributed by atoms with Crippen molar-refractivity contribution in [1.29, 1.82) is 0 Å². The molecule has 0 nitrogen and oxygen atoms in total. The van der Waals surface area contributed by atoms with Crippen molar-refractivity contribution in [2.24, 2.45) is 0 Å². The summed E-state index contributed by atoms with van der Waals surface area (Å²) in [6, 6.07) is 14.9. The molecular formula is C15H9Cl2F3S. The number of hydrogen-bond donors (Lipinski definition) is 0. The summed E-state index contributed by atoms with van der Waals surface area (Å²) in [7, 11) is -1.94. The summed E-state index contributed by atoms with van der Waals surface area (Å²) >= 11 is 5.85. The Hall–Kier alpha value is -1.23. The standard InChI is InChI=1S/C15H9ClF3S.ClH/c16-12-7-6-11-8-13(10-4-2-1-3-5-10)20(14(11)9-12)15(17,18)19;/h1-9H;1H/q+1;/p-1. The molecule has 1 unspecified atom stereocenters. The Labute approximate surface area is 133 Å². The van der Waals surface area contributed by atoms with Crippen LogP contribution in [0.3, 0.4) is 0 Å². The van der Waals surface area contributed by atoms with E-state index in [9.17, 15) is 13.2 Å². The van der Waals surface area contributed by atoms with Gasteiger partial charge in [-0.25, -0.2) is 0 Å². The number of rotatable bonds is 1. The van der Waals surface area contributed by atoms with Crippen LogP contribution in [0.5, 0.6) is 0 Å². The lowest BCUT2D eigenvalue weighted by atomic mass is 10.1. The molecule has 0 fully saturated rings. The van der Waals surface area contributed by atoms with E-state index in [-0.39, 0.29) is 17.1 Å². The molecule has 0 spiro atoms. The molecule has 0 amide bonds. The van der Waals surface area contributed by atoms with E-state index in [1.165, 1.54) is 6.07 Å². The van der Waals surface area contributed by atoms with Gasteiger partial charge in [-0.05, 0) is 24.3 Å². The first kappa shape index (κ1) is 16.1. The highest BCUT2D eigenvalue weighted by Gasteiger charge is 2.48. The van der Waals surface area contributed by atoms with Gasteiger partial charge in [-0.2, -0.15) is 0 Å². The minimum absolute atomic E-state index is 0. The predicted octanol–water partition coefficient (Wildman–Crippen LogP) is 3.39. The van der Waals surface area contributed by atoms with E-state index < -0.39 is 16.0 Å². The summed E-state index contributed by atoms with van der Waals surface area (Å²) in [5.41, 5.74) is -3.71. The lowest BCUT2D eigenvalue weighted by Crippen LogP contribution is -3.00. The van der Waals surface area contributed by atoms with Crippen LogP contribution < -0.4 is 12.4 Å². The van der Waals surface area contributed by atoms with Crippen molar-refractivity contribution < 1.29 is 25.6 Å². The first-order valence-corrected chi connectivity index (χ1v) is 7.45. The van der Waals surface area contributed by atoms with Crippen LogP contribution in [0.4, 0.5) is 13.2 Å². The Kier molecular flexibility index (Phi) is 4.51. The second-order valence-corrected chi connectivity index (χ2v) is 6.70. The molecule has 0 radical (unpaired) electrons. The van der Waals surface area contributed by atoms with Crippen molar-refractivity contribution in [3.63, 3.8) is 0 Å². The Morgan fingerprint density at radius 3 is 2.19 bits per heavy atom. The normalized spacial score (nSPS) is 12.3. The minimum Gasteiger partial charge on any atom is -1.00 e. The highest BCUT2D eigenvalue weighted by Crippen LogP contribution is 2.54. The van der Waals surface area contributed by atoms with Gasteiger partial charge in [0.15, 0.2) is 9.58 Å². The molecule has 1 aromatic heterocycles. The fourth-order valence-corrected chi connectivity index (χ4v) is 4.37. The van der Waals surface area contributed by atoms with Gasteiger partial charge in [0.05, 0.1) is 0 Å². The highest BCUT2D eigenvalue weighted by atomic mass is 35.5. The maximum Gasteiger partial charge on any atom is 0.601 e. The first-order valence-electron chi connectivity index (χ1n) is 5.84. The van der Waals surface area contributed by atoms with Crippen LogP contribution in [0.2, 0.25) is 5.02 Å². The van der Waals surface area contributed by atoms with Crippen LogP contribution in [0.25, 0.3) is 20.5 Å². The molecule has 110 valence electrons. The van der Waals surface area contributed by atoms with Crippen LogP contribution in [0.1, 0.15) is 0 Å². The third-order valence-electron chi connectivity index (χ3n) is 2.99. The van der Waals surface area contributed by atoms with E-state index >= 15 is 0 Å². The summed E-state index contributed by atoms with van der Waals surface area (Å²) in [4.78, 5) is 0.301. The third-order valence-corrected chi connectivity index (χ3v) is 5.28. The van der Waals surface area contributed by atoms with E-state index in [2.05, 4.69) is 0 Å². The zero-order valence-corrected chi connectivity index (χ0v) is 12.8. The van der Waals surface area contributed by atoms with E-state index in [4.69, 9.17) is 11.6 Å². The molecule has 0 aliphatic carbocycles. The number of benzene rings is 2. The fourth-order valence-electron chi connectivity index (χ4n) is 2.18. The van der Waals surface area contributed by atoms with Gasteiger partial charge in [-0.1, -0.05) is 29.8 Å². The molecule has 0 saturated heterocycles. The zero-order chi connectivity index (χ0) is 14.3. The highest BCUT2D eigenvalue weighted by molar-refractivity contribution is 7.41. The molecule has 21 heavy (non-hydrogen) atoms. The average molecular weight is 349 g/mol. The van der Waals surface area contributed by atoms with Crippen molar-refractivity contribution in [3.8, 4) is 10.4 Å². The monoisotopic (exact) mass is 348 g/mol. The number of halogens is 5. The smallest absolute Gasteiger partial charge is 0.601 e. The maximum absolute atomic E-state index is 13.4. The largest absolute Gasteiger partial charge is 1.00 e. The van der Waals surface area contributed by atoms with Gasteiger partial charge in [-0.15, -0.1) is 13.2 Å². The quantitative estimate of drug-likeness (QED) is 0.591. The fraction of sp³-hybridized carbons (Fsp3) is 0.0667. The summed E-state index contributed by atoms with van der Waals surface area (Å²) in [6.45, 7) is 0. The van der Waals surface area contributed by atoms with Crippen molar-refractivity contribution in [2.75, 3.05) is 0 Å². The topological polar surface area (TPSA) is 0 Å². The summed E-state index contributed by atoms with van der Waals surface area (Å²) < 4.78 is 40.6. The number of thiophene rings is 1. The molecule has 3 aromatic rings. The molecule has 2 aromatic carbocycles. The molecule has 0 aliphatic rings. The number of alkyl halides is 3. The zero-order valence-electron chi connectivity index (χ0n) is 10.5. The van der Waals surface area contributed by atoms with E-state index in [1.807, 2.05) is 0 Å². The van der Waals surface area contributed by atoms with Gasteiger partial charge >= 0.3 is 5.51 Å². The van der Waals surface area contributed by atoms with Gasteiger partial charge in [0.2, 0.25) is 0 Å². The van der Waals surface area contributed by atoms with Crippen molar-refractivity contribution in [2.45, 2.75) is 5.51 Å². The third kappa shape index (κ3) is 3.03. The second-order valence-electron chi connectivity index (χ2n) is 4.31. The molecule has 1 heterocycles. The van der Waals surface area contributed by atoms with Crippen molar-refractivity contribution in [1.82, 2.24) is 0 Å². The van der Waals surface area contributed by atoms with E-state index in [1.54, 1.807) is 48.5 Å². The average Bonchev–Trinajstić information content (AvgIpc) is 2.78. The van der Waals surface area contributed by atoms with Crippen LogP contribution in [-0.2, 0) is 5.51 Å². The second kappa shape index (κ2) is 5.87. The van der Waals surface area contributed by atoms with Crippen LogP contribution in [0, 0.1) is 0 Å². The van der Waals surface area contributed by atoms with Gasteiger partial charge in [-0.3, -0.25) is 0 Å². The van der Waals surface area contributed by atoms with E-state index in [0.29, 0.717) is 20.8 Å². The molecular weight excluding hydrogens is 340 g/mol. The SMILES string of the molecule is FC(F)(F)[s+]1c(-c2ccccc2)cc2ccc(Cl)cc21.[Cl-]. The van der Waals surface area contributed by atoms with Crippen molar-refractivity contribution >= 4 is 32.2 Å². The van der Waals surface area contributed by atoms with Crippen LogP contribution >= 0.6 is 22.1 Å². The minimum atomic E-state index is -4.31. The molecule has 0 saturated carbocycles. The molecule has 0 aliphatic heterocycles. The molecule has 0 bridgehead atoms. The summed E-state index contributed by atoms with van der Waals surface area (Å²) in [5.74, 6) is 0. The first-order chi connectivity index (χ1) is 9.47. The Bertz CT molecular complexity index is 764. The Morgan fingerprint density at radius 2 is 1.57 bits per heavy atom. The molecule has 6 heteroatoms. The van der Waals surface area contributed by atoms with Gasteiger partial charge in [0, 0.05) is 28.1 Å². The van der Waals surface area contributed by atoms with Crippen molar-refractivity contribution in [3.05, 3.63) is 59.6 Å². The van der Waals surface area contributed by atoms with Gasteiger partial charge < -0.3 is 12.4 Å². The number of fused-ring (bicyclic) bond motifs is 1. The van der Waals surface area contributed by atoms with Crippen LogP contribution in [-0.4, -0.2) is 0 Å². The summed E-state index contributed by atoms with van der Waals surface area (Å²) in [5, 5.41) is 0.919. The van der Waals surface area contributed by atoms with Gasteiger partial charge in [0.25, 0.3) is 0 Å². The summed E-state index contributed by atoms with van der Waals surface area (Å²) in [6.07, 6.45) is 0. The molecule has 0 N–H and O–H groups in total. The number of hydrogen-bond acceptors (Lipinski definition) is 0. The van der Waals surface area contributed by atoms with Gasteiger partial charge in [0.1, 0.15) is 10.5 Å². The van der Waals surface area contributed by atoms with E-state index in [0.717, 1.165) is 0 Å². The maximum atomic E-state index is 13.4. The van der Waals surface area contributed by atoms with Crippen LogP contribution in [0.15, 0.2) is 54.6 Å². The lowest BCUT2D eigenvalue weighted by Gasteiger charge is -2.00. The molecule has 1 atom stereocenters. The Morgan fingerprint density at radius 1 is 0.905 bits per heavy atom.